The first-order valence-corrected chi connectivity index (χ1v) is 8.72. The van der Waals surface area contributed by atoms with Crippen molar-refractivity contribution in [2.45, 2.75) is 32.1 Å². The maximum absolute atomic E-state index is 12.6. The van der Waals surface area contributed by atoms with Gasteiger partial charge in [0, 0.05) is 18.5 Å². The van der Waals surface area contributed by atoms with Crippen molar-refractivity contribution in [3.05, 3.63) is 21.9 Å². The molecule has 1 aliphatic heterocycles. The normalized spacial score (nSPS) is 24.9. The summed E-state index contributed by atoms with van der Waals surface area (Å²) in [5, 5.41) is 1.93. The van der Waals surface area contributed by atoms with Crippen molar-refractivity contribution in [1.29, 1.82) is 0 Å². The zero-order chi connectivity index (χ0) is 14.7. The van der Waals surface area contributed by atoms with Crippen LogP contribution in [0.25, 0.3) is 0 Å². The number of fused-ring (bicyclic) bond motifs is 1. The lowest BCUT2D eigenvalue weighted by molar-refractivity contribution is 0.0521. The van der Waals surface area contributed by atoms with Crippen molar-refractivity contribution in [1.82, 2.24) is 4.90 Å². The van der Waals surface area contributed by atoms with Gasteiger partial charge in [-0.1, -0.05) is 31.1 Å². The topological polar surface area (TPSA) is 46.3 Å². The van der Waals surface area contributed by atoms with Crippen LogP contribution in [0.5, 0.6) is 0 Å². The fourth-order valence-corrected chi connectivity index (χ4v) is 4.37. The summed E-state index contributed by atoms with van der Waals surface area (Å²) < 4.78 is 0. The Balaban J connectivity index is 1.66. The second kappa shape index (κ2) is 6.64. The standard InChI is InChI=1S/C17H22N2OS/c18-8-3-6-16-10-15(12-21-16)17(20)19-9-7-13-4-1-2-5-14(13)11-19/h10,12-14H,1-2,4-5,7-9,11,18H2. The molecule has 2 heterocycles. The average Bonchev–Trinajstić information content (AvgIpc) is 3.00. The number of hydrogen-bond donors (Lipinski definition) is 1. The van der Waals surface area contributed by atoms with Gasteiger partial charge in [0.05, 0.1) is 17.0 Å². The number of nitrogens with zero attached hydrogens (tertiary/aromatic N) is 1. The predicted octanol–water partition coefficient (Wildman–Crippen LogP) is 2.71. The van der Waals surface area contributed by atoms with Gasteiger partial charge < -0.3 is 10.6 Å². The van der Waals surface area contributed by atoms with Gasteiger partial charge in [-0.25, -0.2) is 0 Å². The van der Waals surface area contributed by atoms with Crippen molar-refractivity contribution in [3.63, 3.8) is 0 Å². The van der Waals surface area contributed by atoms with Crippen molar-refractivity contribution >= 4 is 17.2 Å². The highest BCUT2D eigenvalue weighted by molar-refractivity contribution is 7.10. The van der Waals surface area contributed by atoms with Gasteiger partial charge in [0.1, 0.15) is 0 Å². The third-order valence-electron chi connectivity index (χ3n) is 4.74. The number of carbonyl (C=O) groups excluding carboxylic acids is 1. The molecule has 3 nitrogen and oxygen atoms in total. The minimum atomic E-state index is 0.177. The number of rotatable bonds is 1. The third-order valence-corrected chi connectivity index (χ3v) is 5.58. The molecule has 4 heteroatoms. The molecule has 1 aromatic heterocycles. The third kappa shape index (κ3) is 3.30. The number of piperidine rings is 1. The van der Waals surface area contributed by atoms with Crippen LogP contribution in [0.15, 0.2) is 11.4 Å². The molecule has 0 aromatic carbocycles. The van der Waals surface area contributed by atoms with Crippen LogP contribution in [-0.4, -0.2) is 30.4 Å². The zero-order valence-electron chi connectivity index (χ0n) is 12.3. The highest BCUT2D eigenvalue weighted by Gasteiger charge is 2.33. The number of thiophene rings is 1. The summed E-state index contributed by atoms with van der Waals surface area (Å²) >= 11 is 1.53. The second-order valence-corrected chi connectivity index (χ2v) is 6.96. The summed E-state index contributed by atoms with van der Waals surface area (Å²) in [7, 11) is 0. The Kier molecular flexibility index (Phi) is 4.62. The average molecular weight is 302 g/mol. The van der Waals surface area contributed by atoms with Gasteiger partial charge in [0.15, 0.2) is 0 Å². The number of likely N-dealkylation sites (tertiary alicyclic amines) is 1. The Morgan fingerprint density at radius 1 is 1.33 bits per heavy atom. The second-order valence-electron chi connectivity index (χ2n) is 6.05. The lowest BCUT2D eigenvalue weighted by Crippen LogP contribution is -2.44. The van der Waals surface area contributed by atoms with Crippen LogP contribution in [0, 0.1) is 23.7 Å². The highest BCUT2D eigenvalue weighted by atomic mass is 32.1. The van der Waals surface area contributed by atoms with Crippen molar-refractivity contribution < 1.29 is 4.79 Å². The van der Waals surface area contributed by atoms with Crippen LogP contribution >= 0.6 is 11.3 Å². The Labute approximate surface area is 130 Å². The first-order chi connectivity index (χ1) is 10.3. The van der Waals surface area contributed by atoms with Gasteiger partial charge >= 0.3 is 0 Å². The molecule has 3 rings (SSSR count). The summed E-state index contributed by atoms with van der Waals surface area (Å²) in [6, 6.07) is 1.91. The van der Waals surface area contributed by atoms with Gasteiger partial charge in [-0.2, -0.15) is 0 Å². The fraction of sp³-hybridized carbons (Fsp3) is 0.588. The zero-order valence-corrected chi connectivity index (χ0v) is 13.1. The molecule has 2 fully saturated rings. The van der Waals surface area contributed by atoms with E-state index in [-0.39, 0.29) is 5.91 Å². The Morgan fingerprint density at radius 2 is 2.14 bits per heavy atom. The molecular weight excluding hydrogens is 280 g/mol. The van der Waals surface area contributed by atoms with Gasteiger partial charge in [0.25, 0.3) is 5.91 Å². The summed E-state index contributed by atoms with van der Waals surface area (Å²) in [6.07, 6.45) is 6.55. The van der Waals surface area contributed by atoms with Crippen LogP contribution in [-0.2, 0) is 0 Å². The van der Waals surface area contributed by atoms with E-state index in [4.69, 9.17) is 5.73 Å². The number of nitrogens with two attached hydrogens (primary N) is 1. The highest BCUT2D eigenvalue weighted by Crippen LogP contribution is 2.36. The molecule has 0 spiro atoms. The molecule has 1 aromatic rings. The van der Waals surface area contributed by atoms with E-state index in [2.05, 4.69) is 16.7 Å². The Hall–Kier alpha value is -1.31. The minimum Gasteiger partial charge on any atom is -0.338 e. The largest absolute Gasteiger partial charge is 0.338 e. The number of amides is 1. The lowest BCUT2D eigenvalue weighted by Gasteiger charge is -2.41. The number of hydrogen-bond acceptors (Lipinski definition) is 3. The smallest absolute Gasteiger partial charge is 0.254 e. The van der Waals surface area contributed by atoms with E-state index >= 15 is 0 Å². The summed E-state index contributed by atoms with van der Waals surface area (Å²) in [6.45, 7) is 2.22. The van der Waals surface area contributed by atoms with E-state index in [0.29, 0.717) is 6.54 Å². The molecule has 2 N–H and O–H groups in total. The van der Waals surface area contributed by atoms with Crippen LogP contribution in [0.3, 0.4) is 0 Å². The quantitative estimate of drug-likeness (QED) is 0.811. The summed E-state index contributed by atoms with van der Waals surface area (Å²) in [5.74, 6) is 7.60. The van der Waals surface area contributed by atoms with Gasteiger partial charge in [-0.3, -0.25) is 4.79 Å². The molecule has 112 valence electrons. The maximum Gasteiger partial charge on any atom is 0.254 e. The molecule has 2 atom stereocenters. The number of carbonyl (C=O) groups is 1. The van der Waals surface area contributed by atoms with Crippen LogP contribution in [0.1, 0.15) is 47.3 Å². The molecule has 1 amide bonds. The van der Waals surface area contributed by atoms with E-state index in [0.717, 1.165) is 35.4 Å². The van der Waals surface area contributed by atoms with Crippen molar-refractivity contribution in [3.8, 4) is 11.8 Å². The fourth-order valence-electron chi connectivity index (χ4n) is 3.62. The lowest BCUT2D eigenvalue weighted by atomic mass is 9.75. The van der Waals surface area contributed by atoms with Crippen molar-refractivity contribution in [2.75, 3.05) is 19.6 Å². The molecular formula is C17H22N2OS. The Bertz CT molecular complexity index is 569. The maximum atomic E-state index is 12.6. The monoisotopic (exact) mass is 302 g/mol. The molecule has 2 aliphatic rings. The van der Waals surface area contributed by atoms with E-state index in [1.165, 1.54) is 43.4 Å². The molecule has 1 saturated heterocycles. The van der Waals surface area contributed by atoms with Crippen molar-refractivity contribution in [2.24, 2.45) is 17.6 Å². The molecule has 1 saturated carbocycles. The molecule has 21 heavy (non-hydrogen) atoms. The molecule has 0 bridgehead atoms. The molecule has 0 radical (unpaired) electrons. The molecule has 2 unspecified atom stereocenters. The Morgan fingerprint density at radius 3 is 2.95 bits per heavy atom. The first-order valence-electron chi connectivity index (χ1n) is 7.84. The van der Waals surface area contributed by atoms with E-state index in [1.807, 2.05) is 11.4 Å². The van der Waals surface area contributed by atoms with Crippen LogP contribution in [0.2, 0.25) is 0 Å². The van der Waals surface area contributed by atoms with Crippen LogP contribution < -0.4 is 5.73 Å². The van der Waals surface area contributed by atoms with E-state index in [9.17, 15) is 4.79 Å². The molecule has 1 aliphatic carbocycles. The first kappa shape index (κ1) is 14.6. The summed E-state index contributed by atoms with van der Waals surface area (Å²) in [4.78, 5) is 15.6. The van der Waals surface area contributed by atoms with Gasteiger partial charge in [-0.15, -0.1) is 11.3 Å². The summed E-state index contributed by atoms with van der Waals surface area (Å²) in [5.41, 5.74) is 6.17. The van der Waals surface area contributed by atoms with Gasteiger partial charge in [0.2, 0.25) is 0 Å². The van der Waals surface area contributed by atoms with E-state index in [1.54, 1.807) is 0 Å². The SMILES string of the molecule is NCC#Cc1cc(C(=O)N2CCC3CCCCC3C2)cs1. The van der Waals surface area contributed by atoms with E-state index < -0.39 is 0 Å². The minimum absolute atomic E-state index is 0.177. The van der Waals surface area contributed by atoms with Gasteiger partial charge in [-0.05, 0) is 30.7 Å². The predicted molar refractivity (Wildman–Crippen MR) is 86.2 cm³/mol. The van der Waals surface area contributed by atoms with Crippen LogP contribution in [0.4, 0.5) is 0 Å².